The summed E-state index contributed by atoms with van der Waals surface area (Å²) < 4.78 is 0. The number of pyridine rings is 1. The van der Waals surface area contributed by atoms with Gasteiger partial charge >= 0.3 is 0 Å². The van der Waals surface area contributed by atoms with Crippen LogP contribution in [0.15, 0.2) is 12.3 Å². The standard InChI is InChI=1S/C10H12N4O/c1-3-7-4-8-9(11-5-7)14-10(13-8)12-6(2)15/h4-5H,3H2,1-2H3,(H2,11,12,13,14,15). The van der Waals surface area contributed by atoms with Gasteiger partial charge in [0.05, 0.1) is 5.52 Å². The van der Waals surface area contributed by atoms with Gasteiger partial charge in [0.1, 0.15) is 0 Å². The number of anilines is 1. The first-order valence-corrected chi connectivity index (χ1v) is 4.81. The number of hydrogen-bond donors (Lipinski definition) is 2. The number of fused-ring (bicyclic) bond motifs is 1. The van der Waals surface area contributed by atoms with Crippen LogP contribution in [0.5, 0.6) is 0 Å². The fourth-order valence-corrected chi connectivity index (χ4v) is 1.36. The maximum Gasteiger partial charge on any atom is 0.223 e. The van der Waals surface area contributed by atoms with E-state index in [1.807, 2.05) is 6.07 Å². The Labute approximate surface area is 86.9 Å². The van der Waals surface area contributed by atoms with Crippen molar-refractivity contribution >= 4 is 23.0 Å². The summed E-state index contributed by atoms with van der Waals surface area (Å²) in [7, 11) is 0. The lowest BCUT2D eigenvalue weighted by Crippen LogP contribution is -2.06. The number of aryl methyl sites for hydroxylation is 1. The van der Waals surface area contributed by atoms with Crippen molar-refractivity contribution in [3.05, 3.63) is 17.8 Å². The monoisotopic (exact) mass is 204 g/mol. The average molecular weight is 204 g/mol. The molecular formula is C10H12N4O. The molecule has 0 unspecified atom stereocenters. The van der Waals surface area contributed by atoms with Crippen LogP contribution in [0, 0.1) is 0 Å². The second kappa shape index (κ2) is 3.68. The van der Waals surface area contributed by atoms with E-state index in [9.17, 15) is 4.79 Å². The first kappa shape index (κ1) is 9.64. The summed E-state index contributed by atoms with van der Waals surface area (Å²) >= 11 is 0. The maximum absolute atomic E-state index is 10.8. The Kier molecular flexibility index (Phi) is 2.37. The van der Waals surface area contributed by atoms with E-state index in [0.717, 1.165) is 17.5 Å². The van der Waals surface area contributed by atoms with Crippen LogP contribution in [0.4, 0.5) is 5.95 Å². The highest BCUT2D eigenvalue weighted by molar-refractivity contribution is 5.88. The van der Waals surface area contributed by atoms with E-state index in [1.54, 1.807) is 6.20 Å². The topological polar surface area (TPSA) is 70.7 Å². The Morgan fingerprint density at radius 1 is 1.60 bits per heavy atom. The number of carbonyl (C=O) groups excluding carboxylic acids is 1. The number of aromatic amines is 1. The van der Waals surface area contributed by atoms with Gasteiger partial charge in [-0.05, 0) is 18.1 Å². The predicted octanol–water partition coefficient (Wildman–Crippen LogP) is 1.48. The van der Waals surface area contributed by atoms with E-state index in [2.05, 4.69) is 27.2 Å². The number of H-pyrrole nitrogens is 1. The Bertz CT molecular complexity index is 503. The van der Waals surface area contributed by atoms with Gasteiger partial charge in [-0.3, -0.25) is 10.1 Å². The van der Waals surface area contributed by atoms with E-state index in [4.69, 9.17) is 0 Å². The fraction of sp³-hybridized carbons (Fsp3) is 0.300. The molecule has 15 heavy (non-hydrogen) atoms. The molecule has 2 N–H and O–H groups in total. The number of rotatable bonds is 2. The highest BCUT2D eigenvalue weighted by Crippen LogP contribution is 2.13. The number of carbonyl (C=O) groups is 1. The van der Waals surface area contributed by atoms with Crippen LogP contribution in [0.3, 0.4) is 0 Å². The van der Waals surface area contributed by atoms with E-state index < -0.39 is 0 Å². The molecule has 0 spiro atoms. The average Bonchev–Trinajstić information content (AvgIpc) is 2.57. The Hall–Kier alpha value is -1.91. The highest BCUT2D eigenvalue weighted by Gasteiger charge is 2.04. The molecule has 2 heterocycles. The first-order valence-electron chi connectivity index (χ1n) is 4.81. The van der Waals surface area contributed by atoms with E-state index >= 15 is 0 Å². The second-order valence-corrected chi connectivity index (χ2v) is 3.33. The number of imidazole rings is 1. The van der Waals surface area contributed by atoms with Crippen molar-refractivity contribution in [2.24, 2.45) is 0 Å². The smallest absolute Gasteiger partial charge is 0.223 e. The molecule has 5 nitrogen and oxygen atoms in total. The summed E-state index contributed by atoms with van der Waals surface area (Å²) in [5.74, 6) is 0.294. The van der Waals surface area contributed by atoms with Crippen molar-refractivity contribution in [2.75, 3.05) is 5.32 Å². The lowest BCUT2D eigenvalue weighted by molar-refractivity contribution is -0.114. The minimum atomic E-state index is -0.148. The van der Waals surface area contributed by atoms with Crippen molar-refractivity contribution in [2.45, 2.75) is 20.3 Å². The van der Waals surface area contributed by atoms with Gasteiger partial charge < -0.3 is 4.98 Å². The van der Waals surface area contributed by atoms with Crippen LogP contribution in [-0.2, 0) is 11.2 Å². The second-order valence-electron chi connectivity index (χ2n) is 3.33. The summed E-state index contributed by atoms with van der Waals surface area (Å²) in [6.45, 7) is 3.51. The molecule has 0 aliphatic heterocycles. The number of aromatic nitrogens is 3. The molecule has 0 aromatic carbocycles. The number of amides is 1. The number of nitrogens with zero attached hydrogens (tertiary/aromatic N) is 2. The molecule has 0 bridgehead atoms. The van der Waals surface area contributed by atoms with Gasteiger partial charge in [-0.1, -0.05) is 6.92 Å². The molecule has 78 valence electrons. The molecule has 2 aromatic rings. The Balaban J connectivity index is 2.42. The molecule has 0 aliphatic rings. The van der Waals surface area contributed by atoms with Gasteiger partial charge in [-0.25, -0.2) is 4.98 Å². The van der Waals surface area contributed by atoms with Gasteiger partial charge in [-0.15, -0.1) is 0 Å². The number of hydrogen-bond acceptors (Lipinski definition) is 3. The third-order valence-electron chi connectivity index (χ3n) is 2.10. The minimum Gasteiger partial charge on any atom is -0.322 e. The van der Waals surface area contributed by atoms with Crippen molar-refractivity contribution in [1.29, 1.82) is 0 Å². The SMILES string of the molecule is CCc1cnc2nc(NC(C)=O)[nH]c2c1. The van der Waals surface area contributed by atoms with E-state index in [1.165, 1.54) is 6.92 Å². The van der Waals surface area contributed by atoms with Gasteiger partial charge in [0.2, 0.25) is 11.9 Å². The maximum atomic E-state index is 10.8. The fourth-order valence-electron chi connectivity index (χ4n) is 1.36. The lowest BCUT2D eigenvalue weighted by Gasteiger charge is -1.93. The molecule has 0 radical (unpaired) electrons. The summed E-state index contributed by atoms with van der Waals surface area (Å²) in [4.78, 5) is 22.1. The van der Waals surface area contributed by atoms with Crippen LogP contribution >= 0.6 is 0 Å². The number of nitrogens with one attached hydrogen (secondary N) is 2. The summed E-state index contributed by atoms with van der Waals surface area (Å²) in [6, 6.07) is 1.99. The van der Waals surface area contributed by atoms with Crippen LogP contribution in [0.2, 0.25) is 0 Å². The van der Waals surface area contributed by atoms with E-state index in [0.29, 0.717) is 11.6 Å². The van der Waals surface area contributed by atoms with Crippen molar-refractivity contribution < 1.29 is 4.79 Å². The van der Waals surface area contributed by atoms with Crippen molar-refractivity contribution in [3.63, 3.8) is 0 Å². The lowest BCUT2D eigenvalue weighted by atomic mass is 10.2. The molecule has 0 aliphatic carbocycles. The third-order valence-corrected chi connectivity index (χ3v) is 2.10. The molecule has 0 fully saturated rings. The highest BCUT2D eigenvalue weighted by atomic mass is 16.1. The molecule has 0 saturated carbocycles. The van der Waals surface area contributed by atoms with Crippen molar-refractivity contribution in [1.82, 2.24) is 15.0 Å². The summed E-state index contributed by atoms with van der Waals surface area (Å²) in [6.07, 6.45) is 2.72. The normalized spacial score (nSPS) is 10.5. The molecule has 1 amide bonds. The largest absolute Gasteiger partial charge is 0.322 e. The molecule has 0 atom stereocenters. The van der Waals surface area contributed by atoms with Crippen molar-refractivity contribution in [3.8, 4) is 0 Å². The van der Waals surface area contributed by atoms with Crippen LogP contribution in [0.25, 0.3) is 11.2 Å². The van der Waals surface area contributed by atoms with Gasteiger partial charge in [0.15, 0.2) is 5.65 Å². The van der Waals surface area contributed by atoms with Crippen LogP contribution in [-0.4, -0.2) is 20.9 Å². The molecule has 2 rings (SSSR count). The third kappa shape index (κ3) is 1.96. The van der Waals surface area contributed by atoms with Gasteiger partial charge in [0.25, 0.3) is 0 Å². The predicted molar refractivity (Wildman–Crippen MR) is 57.6 cm³/mol. The van der Waals surface area contributed by atoms with Crippen LogP contribution in [0.1, 0.15) is 19.4 Å². The zero-order valence-electron chi connectivity index (χ0n) is 8.66. The quantitative estimate of drug-likeness (QED) is 0.778. The minimum absolute atomic E-state index is 0.148. The molecular weight excluding hydrogens is 192 g/mol. The zero-order valence-corrected chi connectivity index (χ0v) is 8.66. The molecule has 0 saturated heterocycles. The molecule has 2 aromatic heterocycles. The van der Waals surface area contributed by atoms with Gasteiger partial charge in [0, 0.05) is 13.1 Å². The van der Waals surface area contributed by atoms with Crippen LogP contribution < -0.4 is 5.32 Å². The Morgan fingerprint density at radius 2 is 2.40 bits per heavy atom. The summed E-state index contributed by atoms with van der Waals surface area (Å²) in [5, 5.41) is 2.59. The van der Waals surface area contributed by atoms with Gasteiger partial charge in [-0.2, -0.15) is 4.98 Å². The van der Waals surface area contributed by atoms with E-state index in [-0.39, 0.29) is 5.91 Å². The Morgan fingerprint density at radius 3 is 3.07 bits per heavy atom. The summed E-state index contributed by atoms with van der Waals surface area (Å²) in [5.41, 5.74) is 2.61. The zero-order chi connectivity index (χ0) is 10.8. The molecule has 5 heteroatoms. The first-order chi connectivity index (χ1) is 7.19.